The van der Waals surface area contributed by atoms with Gasteiger partial charge in [-0.2, -0.15) is 5.10 Å². The molecule has 1 amide bonds. The van der Waals surface area contributed by atoms with E-state index in [1.165, 1.54) is 26.6 Å². The highest BCUT2D eigenvalue weighted by molar-refractivity contribution is 6.38. The van der Waals surface area contributed by atoms with Gasteiger partial charge in [-0.05, 0) is 18.6 Å². The van der Waals surface area contributed by atoms with Gasteiger partial charge in [0.05, 0.1) is 35.4 Å². The summed E-state index contributed by atoms with van der Waals surface area (Å²) in [7, 11) is 3.00. The van der Waals surface area contributed by atoms with Crippen LogP contribution in [0.2, 0.25) is 10.0 Å². The SMILES string of the molecule is C=CC(=O)N1CCC(c2cc(C#Cc3c(Cl)c(OC)cc(OC)c3Cl)c3c(N)ncnn23)C1. The fourth-order valence-corrected chi connectivity index (χ4v) is 4.53. The molecule has 3 aromatic rings. The van der Waals surface area contributed by atoms with Gasteiger partial charge in [-0.1, -0.05) is 41.6 Å². The largest absolute Gasteiger partial charge is 0.495 e. The number of amides is 1. The quantitative estimate of drug-likeness (QED) is 0.448. The van der Waals surface area contributed by atoms with Gasteiger partial charge < -0.3 is 20.1 Å². The Morgan fingerprint density at radius 2 is 1.94 bits per heavy atom. The molecular weight excluding hydrogens is 465 g/mol. The number of likely N-dealkylation sites (tertiary alicyclic amines) is 1. The molecule has 0 bridgehead atoms. The minimum atomic E-state index is -0.0937. The van der Waals surface area contributed by atoms with Crippen molar-refractivity contribution in [3.63, 3.8) is 0 Å². The first-order chi connectivity index (χ1) is 15.9. The van der Waals surface area contributed by atoms with Crippen molar-refractivity contribution in [1.82, 2.24) is 19.5 Å². The van der Waals surface area contributed by atoms with Crippen molar-refractivity contribution in [3.8, 4) is 23.3 Å². The number of hydrogen-bond donors (Lipinski definition) is 1. The number of carbonyl (C=O) groups excluding carboxylic acids is 1. The third kappa shape index (κ3) is 4.06. The molecule has 170 valence electrons. The Hall–Kier alpha value is -3.41. The molecule has 1 unspecified atom stereocenters. The molecule has 0 aliphatic carbocycles. The van der Waals surface area contributed by atoms with E-state index in [4.69, 9.17) is 38.4 Å². The van der Waals surface area contributed by atoms with E-state index >= 15 is 0 Å². The summed E-state index contributed by atoms with van der Waals surface area (Å²) in [4.78, 5) is 17.9. The molecular formula is C23H21Cl2N5O3. The number of nitrogens with zero attached hydrogens (tertiary/aromatic N) is 4. The van der Waals surface area contributed by atoms with Crippen LogP contribution in [0.5, 0.6) is 11.5 Å². The number of fused-ring (bicyclic) bond motifs is 1. The van der Waals surface area contributed by atoms with Crippen LogP contribution in [-0.4, -0.2) is 52.7 Å². The lowest BCUT2D eigenvalue weighted by atomic mass is 10.0. The summed E-state index contributed by atoms with van der Waals surface area (Å²) in [5.41, 5.74) is 8.63. The van der Waals surface area contributed by atoms with E-state index in [-0.39, 0.29) is 27.7 Å². The Morgan fingerprint density at radius 3 is 2.58 bits per heavy atom. The maximum absolute atomic E-state index is 12.0. The molecule has 1 saturated heterocycles. The van der Waals surface area contributed by atoms with E-state index in [1.54, 1.807) is 15.5 Å². The molecule has 33 heavy (non-hydrogen) atoms. The number of aromatic nitrogens is 3. The van der Waals surface area contributed by atoms with Gasteiger partial charge >= 0.3 is 0 Å². The molecule has 4 rings (SSSR count). The van der Waals surface area contributed by atoms with E-state index in [0.717, 1.165) is 12.1 Å². The van der Waals surface area contributed by atoms with Crippen LogP contribution in [0.1, 0.15) is 29.2 Å². The maximum Gasteiger partial charge on any atom is 0.245 e. The van der Waals surface area contributed by atoms with E-state index in [0.29, 0.717) is 41.2 Å². The predicted molar refractivity (Wildman–Crippen MR) is 127 cm³/mol. The topological polar surface area (TPSA) is 95.0 Å². The van der Waals surface area contributed by atoms with E-state index in [1.807, 2.05) is 6.07 Å². The average Bonchev–Trinajstić information content (AvgIpc) is 3.44. The summed E-state index contributed by atoms with van der Waals surface area (Å²) in [6.45, 7) is 4.76. The van der Waals surface area contributed by atoms with Crippen LogP contribution in [0.3, 0.4) is 0 Å². The van der Waals surface area contributed by atoms with Crippen molar-refractivity contribution in [2.24, 2.45) is 0 Å². The zero-order chi connectivity index (χ0) is 23.7. The smallest absolute Gasteiger partial charge is 0.245 e. The van der Waals surface area contributed by atoms with E-state index in [9.17, 15) is 4.79 Å². The second-order valence-electron chi connectivity index (χ2n) is 7.40. The van der Waals surface area contributed by atoms with Crippen molar-refractivity contribution in [2.45, 2.75) is 12.3 Å². The van der Waals surface area contributed by atoms with Gasteiger partial charge in [-0.15, -0.1) is 0 Å². The van der Waals surface area contributed by atoms with Crippen molar-refractivity contribution in [3.05, 3.63) is 58.0 Å². The molecule has 1 fully saturated rings. The van der Waals surface area contributed by atoms with Gasteiger partial charge in [0.2, 0.25) is 5.91 Å². The Bertz CT molecular complexity index is 1300. The van der Waals surface area contributed by atoms with Gasteiger partial charge in [-0.25, -0.2) is 9.50 Å². The molecule has 2 aromatic heterocycles. The molecule has 1 aliphatic heterocycles. The first kappa shape index (κ1) is 22.8. The van der Waals surface area contributed by atoms with Crippen LogP contribution in [0.15, 0.2) is 31.1 Å². The minimum absolute atomic E-state index is 0.0651. The van der Waals surface area contributed by atoms with Gasteiger partial charge in [0, 0.05) is 30.8 Å². The number of carbonyl (C=O) groups is 1. The number of anilines is 1. The van der Waals surface area contributed by atoms with Gasteiger partial charge in [0.1, 0.15) is 23.3 Å². The van der Waals surface area contributed by atoms with Crippen LogP contribution >= 0.6 is 23.2 Å². The van der Waals surface area contributed by atoms with Crippen LogP contribution in [0.25, 0.3) is 5.52 Å². The number of ether oxygens (including phenoxy) is 2. The predicted octanol–water partition coefficient (Wildman–Crippen LogP) is 3.54. The number of hydrogen-bond acceptors (Lipinski definition) is 6. The molecule has 1 aromatic carbocycles. The fraction of sp³-hybridized carbons (Fsp3) is 0.261. The highest BCUT2D eigenvalue weighted by Crippen LogP contribution is 2.40. The summed E-state index contributed by atoms with van der Waals surface area (Å²) in [6.07, 6.45) is 3.50. The Kier molecular flexibility index (Phi) is 6.36. The van der Waals surface area contributed by atoms with Crippen LogP contribution < -0.4 is 15.2 Å². The Morgan fingerprint density at radius 1 is 1.24 bits per heavy atom. The number of halogens is 2. The van der Waals surface area contributed by atoms with Crippen molar-refractivity contribution in [2.75, 3.05) is 33.0 Å². The molecule has 3 heterocycles. The summed E-state index contributed by atoms with van der Waals surface area (Å²) in [5, 5.41) is 4.94. The highest BCUT2D eigenvalue weighted by atomic mass is 35.5. The summed E-state index contributed by atoms with van der Waals surface area (Å²) in [5.74, 6) is 7.19. The molecule has 0 saturated carbocycles. The second-order valence-corrected chi connectivity index (χ2v) is 8.15. The second kappa shape index (κ2) is 9.22. The van der Waals surface area contributed by atoms with Crippen LogP contribution in [0, 0.1) is 11.8 Å². The average molecular weight is 486 g/mol. The monoisotopic (exact) mass is 485 g/mol. The number of rotatable bonds is 4. The summed E-state index contributed by atoms with van der Waals surface area (Å²) < 4.78 is 12.4. The minimum Gasteiger partial charge on any atom is -0.495 e. The fourth-order valence-electron chi connectivity index (χ4n) is 3.93. The Balaban J connectivity index is 1.82. The van der Waals surface area contributed by atoms with Crippen molar-refractivity contribution in [1.29, 1.82) is 0 Å². The van der Waals surface area contributed by atoms with Crippen LogP contribution in [0.4, 0.5) is 5.82 Å². The Labute approximate surface area is 200 Å². The van der Waals surface area contributed by atoms with E-state index < -0.39 is 0 Å². The third-order valence-corrected chi connectivity index (χ3v) is 6.35. The molecule has 0 spiro atoms. The van der Waals surface area contributed by atoms with Gasteiger partial charge in [0.25, 0.3) is 0 Å². The summed E-state index contributed by atoms with van der Waals surface area (Å²) >= 11 is 12.9. The lowest BCUT2D eigenvalue weighted by molar-refractivity contribution is -0.125. The zero-order valence-electron chi connectivity index (χ0n) is 18.1. The van der Waals surface area contributed by atoms with E-state index in [2.05, 4.69) is 28.5 Å². The van der Waals surface area contributed by atoms with Gasteiger partial charge in [0.15, 0.2) is 5.82 Å². The number of methoxy groups -OCH3 is 2. The lowest BCUT2D eigenvalue weighted by Gasteiger charge is -2.14. The third-order valence-electron chi connectivity index (χ3n) is 5.60. The summed E-state index contributed by atoms with van der Waals surface area (Å²) in [6, 6.07) is 3.52. The molecule has 2 N–H and O–H groups in total. The normalized spacial score (nSPS) is 15.3. The number of nitrogens with two attached hydrogens (primary N) is 1. The molecule has 0 radical (unpaired) electrons. The number of nitrogen functional groups attached to an aromatic ring is 1. The molecule has 1 atom stereocenters. The molecule has 8 nitrogen and oxygen atoms in total. The van der Waals surface area contributed by atoms with Gasteiger partial charge in [-0.3, -0.25) is 4.79 Å². The molecule has 10 heteroatoms. The maximum atomic E-state index is 12.0. The highest BCUT2D eigenvalue weighted by Gasteiger charge is 2.29. The molecule has 1 aliphatic rings. The zero-order valence-corrected chi connectivity index (χ0v) is 19.6. The number of benzene rings is 1. The standard InChI is InChI=1S/C23H21Cl2N5O3/c1-4-19(31)29-8-7-14(11-29)16-9-13(22-23(26)27-12-28-30(16)22)5-6-15-20(24)17(32-2)10-18(33-3)21(15)25/h4,9-10,12,14H,1,7-8,11H2,2-3H3,(H2,26,27,28). The van der Waals surface area contributed by atoms with Crippen molar-refractivity contribution < 1.29 is 14.3 Å². The van der Waals surface area contributed by atoms with Crippen molar-refractivity contribution >= 4 is 40.4 Å². The lowest BCUT2D eigenvalue weighted by Crippen LogP contribution is -2.26. The first-order valence-electron chi connectivity index (χ1n) is 10.0. The first-order valence-corrected chi connectivity index (χ1v) is 10.8. The van der Waals surface area contributed by atoms with Crippen LogP contribution in [-0.2, 0) is 4.79 Å².